The summed E-state index contributed by atoms with van der Waals surface area (Å²) in [6, 6.07) is 5.29. The van der Waals surface area contributed by atoms with Crippen LogP contribution in [0, 0.1) is 0 Å². The van der Waals surface area contributed by atoms with Crippen LogP contribution in [0.3, 0.4) is 0 Å². The van der Waals surface area contributed by atoms with Crippen molar-refractivity contribution in [3.63, 3.8) is 0 Å². The predicted molar refractivity (Wildman–Crippen MR) is 93.8 cm³/mol. The predicted octanol–water partition coefficient (Wildman–Crippen LogP) is 4.95. The average Bonchev–Trinajstić information content (AvgIpc) is 2.86. The van der Waals surface area contributed by atoms with Gasteiger partial charge < -0.3 is 5.32 Å². The first-order chi connectivity index (χ1) is 10.5. The lowest BCUT2D eigenvalue weighted by Crippen LogP contribution is -2.30. The Balaban J connectivity index is 1.70. The van der Waals surface area contributed by atoms with E-state index in [-0.39, 0.29) is 11.8 Å². The van der Waals surface area contributed by atoms with Gasteiger partial charge in [-0.2, -0.15) is 0 Å². The smallest absolute Gasteiger partial charge is 0.228 e. The molecule has 1 atom stereocenters. The highest BCUT2D eigenvalue weighted by atomic mass is 79.9. The van der Waals surface area contributed by atoms with Crippen LogP contribution in [0.1, 0.15) is 34.9 Å². The van der Waals surface area contributed by atoms with Crippen LogP contribution in [0.2, 0.25) is 10.0 Å². The Kier molecular flexibility index (Phi) is 5.07. The Morgan fingerprint density at radius 2 is 2.27 bits per heavy atom. The zero-order valence-electron chi connectivity index (χ0n) is 11.5. The minimum atomic E-state index is -0.112. The first-order valence-electron chi connectivity index (χ1n) is 6.91. The van der Waals surface area contributed by atoms with Gasteiger partial charge in [-0.05, 0) is 52.9 Å². The van der Waals surface area contributed by atoms with Crippen molar-refractivity contribution < 1.29 is 4.79 Å². The molecule has 116 valence electrons. The van der Waals surface area contributed by atoms with E-state index in [4.69, 9.17) is 23.2 Å². The highest BCUT2D eigenvalue weighted by molar-refractivity contribution is 9.11. The summed E-state index contributed by atoms with van der Waals surface area (Å²) in [5, 5.41) is 4.13. The van der Waals surface area contributed by atoms with Crippen molar-refractivity contribution in [3.8, 4) is 0 Å². The van der Waals surface area contributed by atoms with E-state index in [1.807, 2.05) is 6.07 Å². The van der Waals surface area contributed by atoms with Crippen LogP contribution < -0.4 is 5.32 Å². The number of benzene rings is 1. The first-order valence-corrected chi connectivity index (χ1v) is 9.28. The van der Waals surface area contributed by atoms with Gasteiger partial charge in [0, 0.05) is 21.5 Å². The molecule has 22 heavy (non-hydrogen) atoms. The van der Waals surface area contributed by atoms with Gasteiger partial charge in [-0.25, -0.2) is 4.98 Å². The van der Waals surface area contributed by atoms with Gasteiger partial charge in [0.2, 0.25) is 5.91 Å². The number of fused-ring (bicyclic) bond motifs is 1. The van der Waals surface area contributed by atoms with E-state index in [1.165, 1.54) is 0 Å². The molecule has 1 unspecified atom stereocenters. The van der Waals surface area contributed by atoms with Crippen molar-refractivity contribution in [1.82, 2.24) is 10.3 Å². The third-order valence-electron chi connectivity index (χ3n) is 3.71. The molecule has 1 aliphatic rings. The Bertz CT molecular complexity index is 720. The van der Waals surface area contributed by atoms with Crippen molar-refractivity contribution in [1.29, 1.82) is 0 Å². The van der Waals surface area contributed by atoms with Gasteiger partial charge in [0.15, 0.2) is 3.92 Å². The largest absolute Gasteiger partial charge is 0.351 e. The molecule has 0 bridgehead atoms. The highest BCUT2D eigenvalue weighted by Crippen LogP contribution is 2.37. The van der Waals surface area contributed by atoms with E-state index in [0.717, 1.165) is 39.3 Å². The monoisotopic (exact) mass is 418 g/mol. The van der Waals surface area contributed by atoms with Gasteiger partial charge in [-0.3, -0.25) is 4.79 Å². The van der Waals surface area contributed by atoms with E-state index in [0.29, 0.717) is 16.6 Å². The molecule has 0 saturated carbocycles. The molecule has 0 spiro atoms. The topological polar surface area (TPSA) is 42.0 Å². The summed E-state index contributed by atoms with van der Waals surface area (Å²) in [7, 11) is 0. The van der Waals surface area contributed by atoms with E-state index in [2.05, 4.69) is 26.2 Å². The number of nitrogens with zero attached hydrogens (tertiary/aromatic N) is 1. The van der Waals surface area contributed by atoms with Crippen LogP contribution >= 0.6 is 50.5 Å². The van der Waals surface area contributed by atoms with Gasteiger partial charge in [0.05, 0.1) is 11.6 Å². The number of aryl methyl sites for hydroxylation is 1. The number of amides is 1. The van der Waals surface area contributed by atoms with Gasteiger partial charge in [0.1, 0.15) is 0 Å². The quantitative estimate of drug-likeness (QED) is 0.764. The maximum atomic E-state index is 12.5. The second-order valence-corrected chi connectivity index (χ2v) is 8.33. The molecule has 3 nitrogen and oxygen atoms in total. The molecule has 3 rings (SSSR count). The first kappa shape index (κ1) is 16.2. The fraction of sp³-hybridized carbons (Fsp3) is 0.333. The minimum absolute atomic E-state index is 0.0307. The number of aromatic nitrogens is 1. The Labute approximate surface area is 151 Å². The van der Waals surface area contributed by atoms with Crippen LogP contribution in [0.5, 0.6) is 0 Å². The average molecular weight is 420 g/mol. The second-order valence-electron chi connectivity index (χ2n) is 5.18. The maximum absolute atomic E-state index is 12.5. The molecule has 1 heterocycles. The van der Waals surface area contributed by atoms with Crippen LogP contribution in [0.25, 0.3) is 0 Å². The molecule has 0 aliphatic heterocycles. The third kappa shape index (κ3) is 3.48. The normalized spacial score (nSPS) is 17.1. The molecule has 1 amide bonds. The Hall–Kier alpha value is -0.620. The number of carbonyl (C=O) groups is 1. The zero-order chi connectivity index (χ0) is 15.7. The summed E-state index contributed by atoms with van der Waals surface area (Å²) >= 11 is 17.0. The molecule has 7 heteroatoms. The van der Waals surface area contributed by atoms with Gasteiger partial charge in [0.25, 0.3) is 0 Å². The highest BCUT2D eigenvalue weighted by Gasteiger charge is 2.29. The lowest BCUT2D eigenvalue weighted by molar-refractivity contribution is -0.123. The van der Waals surface area contributed by atoms with Crippen molar-refractivity contribution in [2.45, 2.75) is 31.7 Å². The number of carbonyl (C=O) groups excluding carboxylic acids is 1. The molecular formula is C15H13BrCl2N2OS. The summed E-state index contributed by atoms with van der Waals surface area (Å²) in [6.45, 7) is 0.403. The molecule has 1 aliphatic carbocycles. The molecule has 1 N–H and O–H groups in total. The SMILES string of the molecule is O=C(NCc1ccc(Cl)cc1Cl)C1CCCc2nc(Br)sc21. The Morgan fingerprint density at radius 1 is 1.45 bits per heavy atom. The minimum Gasteiger partial charge on any atom is -0.351 e. The third-order valence-corrected chi connectivity index (χ3v) is 5.96. The number of rotatable bonds is 3. The van der Waals surface area contributed by atoms with Gasteiger partial charge >= 0.3 is 0 Å². The molecule has 0 saturated heterocycles. The van der Waals surface area contributed by atoms with Gasteiger partial charge in [-0.1, -0.05) is 29.3 Å². The van der Waals surface area contributed by atoms with Crippen molar-refractivity contribution in [2.75, 3.05) is 0 Å². The summed E-state index contributed by atoms with van der Waals surface area (Å²) in [4.78, 5) is 18.0. The fourth-order valence-electron chi connectivity index (χ4n) is 2.61. The van der Waals surface area contributed by atoms with E-state index in [1.54, 1.807) is 23.5 Å². The summed E-state index contributed by atoms with van der Waals surface area (Å²) in [6.07, 6.45) is 2.80. The fourth-order valence-corrected chi connectivity index (χ4v) is 4.79. The summed E-state index contributed by atoms with van der Waals surface area (Å²) < 4.78 is 0.845. The number of thiazole rings is 1. The maximum Gasteiger partial charge on any atom is 0.228 e. The van der Waals surface area contributed by atoms with Crippen LogP contribution in [-0.4, -0.2) is 10.9 Å². The van der Waals surface area contributed by atoms with E-state index < -0.39 is 0 Å². The molecule has 1 aromatic carbocycles. The number of hydrogen-bond acceptors (Lipinski definition) is 3. The van der Waals surface area contributed by atoms with E-state index >= 15 is 0 Å². The zero-order valence-corrected chi connectivity index (χ0v) is 15.4. The molecule has 2 aromatic rings. The van der Waals surface area contributed by atoms with Crippen molar-refractivity contribution in [3.05, 3.63) is 48.3 Å². The summed E-state index contributed by atoms with van der Waals surface area (Å²) in [5.74, 6) is -0.0817. The van der Waals surface area contributed by atoms with Gasteiger partial charge in [-0.15, -0.1) is 11.3 Å². The molecule has 1 aromatic heterocycles. The lowest BCUT2D eigenvalue weighted by atomic mass is 9.91. The van der Waals surface area contributed by atoms with Crippen molar-refractivity contribution in [2.24, 2.45) is 0 Å². The lowest BCUT2D eigenvalue weighted by Gasteiger charge is -2.20. The van der Waals surface area contributed by atoms with Crippen LogP contribution in [-0.2, 0) is 17.8 Å². The van der Waals surface area contributed by atoms with Crippen molar-refractivity contribution >= 4 is 56.4 Å². The standard InChI is InChI=1S/C15H13BrCl2N2OS/c16-15-20-12-3-1-2-10(13(12)22-15)14(21)19-7-8-4-5-9(17)6-11(8)18/h4-6,10H,1-3,7H2,(H,19,21). The Morgan fingerprint density at radius 3 is 3.05 bits per heavy atom. The number of hydrogen-bond donors (Lipinski definition) is 1. The molecule has 0 radical (unpaired) electrons. The number of halogens is 3. The molecular weight excluding hydrogens is 407 g/mol. The van der Waals surface area contributed by atoms with Crippen LogP contribution in [0.15, 0.2) is 22.1 Å². The number of nitrogens with one attached hydrogen (secondary N) is 1. The summed E-state index contributed by atoms with van der Waals surface area (Å²) in [5.41, 5.74) is 1.91. The van der Waals surface area contributed by atoms with E-state index in [9.17, 15) is 4.79 Å². The molecule has 0 fully saturated rings. The van der Waals surface area contributed by atoms with Crippen LogP contribution in [0.4, 0.5) is 0 Å². The second kappa shape index (κ2) is 6.87.